The summed E-state index contributed by atoms with van der Waals surface area (Å²) in [6.07, 6.45) is 9.62. The fourth-order valence-corrected chi connectivity index (χ4v) is 4.44. The van der Waals surface area contributed by atoms with Gasteiger partial charge in [-0.05, 0) is 68.8 Å². The Labute approximate surface area is 222 Å². The number of hydrogen-bond acceptors (Lipinski definition) is 8. The number of carboxylic acid groups (broad SMARTS) is 1. The number of aryl methyl sites for hydroxylation is 2. The van der Waals surface area contributed by atoms with Gasteiger partial charge in [0, 0.05) is 37.6 Å². The highest BCUT2D eigenvalue weighted by Crippen LogP contribution is 2.20. The maximum Gasteiger partial charge on any atom is 0.326 e. The lowest BCUT2D eigenvalue weighted by molar-refractivity contribution is -0.138. The fraction of sp³-hybridized carbons (Fsp3) is 0.429. The Morgan fingerprint density at radius 1 is 1.18 bits per heavy atom. The molecule has 38 heavy (non-hydrogen) atoms. The number of pyridine rings is 3. The lowest BCUT2D eigenvalue weighted by atomic mass is 10.1. The summed E-state index contributed by atoms with van der Waals surface area (Å²) >= 11 is 0. The highest BCUT2D eigenvalue weighted by Gasteiger charge is 2.19. The van der Waals surface area contributed by atoms with Crippen LogP contribution in [0.1, 0.15) is 36.9 Å². The van der Waals surface area contributed by atoms with Crippen LogP contribution in [-0.4, -0.2) is 69.8 Å². The van der Waals surface area contributed by atoms with Crippen LogP contribution in [0, 0.1) is 5.82 Å². The van der Waals surface area contributed by atoms with Crippen LogP contribution in [0.3, 0.4) is 0 Å². The van der Waals surface area contributed by atoms with Gasteiger partial charge in [0.25, 0.3) is 0 Å². The third-order valence-corrected chi connectivity index (χ3v) is 6.48. The Kier molecular flexibility index (Phi) is 10.2. The highest BCUT2D eigenvalue weighted by molar-refractivity contribution is 5.76. The molecule has 9 nitrogen and oxygen atoms in total. The second kappa shape index (κ2) is 14.2. The first-order valence-electron chi connectivity index (χ1n) is 13.2. The van der Waals surface area contributed by atoms with E-state index in [9.17, 15) is 14.3 Å². The highest BCUT2D eigenvalue weighted by atomic mass is 19.1. The van der Waals surface area contributed by atoms with Crippen LogP contribution in [0.2, 0.25) is 0 Å². The minimum atomic E-state index is -0.926. The molecule has 4 heterocycles. The van der Waals surface area contributed by atoms with Crippen LogP contribution in [0.15, 0.2) is 55.0 Å². The third kappa shape index (κ3) is 8.65. The summed E-state index contributed by atoms with van der Waals surface area (Å²) in [5.74, 6) is 0.539. The number of rotatable bonds is 15. The Balaban J connectivity index is 1.29. The zero-order valence-electron chi connectivity index (χ0n) is 21.5. The molecule has 1 atom stereocenters. The van der Waals surface area contributed by atoms with E-state index in [1.54, 1.807) is 18.3 Å². The van der Waals surface area contributed by atoms with Gasteiger partial charge in [0.15, 0.2) is 0 Å². The molecule has 0 spiro atoms. The van der Waals surface area contributed by atoms with Gasteiger partial charge in [0.05, 0.1) is 12.4 Å². The van der Waals surface area contributed by atoms with E-state index in [0.29, 0.717) is 37.7 Å². The van der Waals surface area contributed by atoms with Crippen molar-refractivity contribution in [2.75, 3.05) is 43.4 Å². The maximum absolute atomic E-state index is 13.4. The molecule has 0 fully saturated rings. The van der Waals surface area contributed by atoms with E-state index < -0.39 is 17.8 Å². The predicted octanol–water partition coefficient (Wildman–Crippen LogP) is 4.03. The molecule has 0 bridgehead atoms. The second-order valence-corrected chi connectivity index (χ2v) is 9.37. The third-order valence-electron chi connectivity index (χ3n) is 6.48. The molecule has 202 valence electrons. The molecular weight excluding hydrogens is 487 g/mol. The average molecular weight is 523 g/mol. The number of aromatic nitrogens is 3. The van der Waals surface area contributed by atoms with Crippen molar-refractivity contribution < 1.29 is 19.0 Å². The molecule has 0 amide bonds. The van der Waals surface area contributed by atoms with Crippen molar-refractivity contribution in [1.29, 1.82) is 0 Å². The SMILES string of the molecule is O=C(O)C(CCN(CCCCc1ccc2c(n1)NCCC2)CCOc1cncc(F)c1)Nc1ccccn1. The average Bonchev–Trinajstić information content (AvgIpc) is 2.93. The van der Waals surface area contributed by atoms with Crippen LogP contribution in [-0.2, 0) is 17.6 Å². The first-order valence-corrected chi connectivity index (χ1v) is 13.2. The molecule has 0 radical (unpaired) electrons. The number of carbonyl (C=O) groups is 1. The molecule has 1 aliphatic heterocycles. The van der Waals surface area contributed by atoms with E-state index in [0.717, 1.165) is 62.9 Å². The number of unbranched alkanes of at least 4 members (excludes halogenated alkanes) is 1. The smallest absolute Gasteiger partial charge is 0.326 e. The maximum atomic E-state index is 13.4. The van der Waals surface area contributed by atoms with Gasteiger partial charge in [0.1, 0.15) is 35.9 Å². The predicted molar refractivity (Wildman–Crippen MR) is 144 cm³/mol. The van der Waals surface area contributed by atoms with Crippen LogP contribution >= 0.6 is 0 Å². The van der Waals surface area contributed by atoms with Gasteiger partial charge in [-0.2, -0.15) is 0 Å². The normalized spacial score (nSPS) is 13.4. The van der Waals surface area contributed by atoms with E-state index >= 15 is 0 Å². The molecule has 10 heteroatoms. The molecule has 3 N–H and O–H groups in total. The van der Waals surface area contributed by atoms with Crippen LogP contribution in [0.5, 0.6) is 5.75 Å². The number of fused-ring (bicyclic) bond motifs is 1. The molecule has 0 saturated heterocycles. The summed E-state index contributed by atoms with van der Waals surface area (Å²) in [6, 6.07) is 10.2. The lowest BCUT2D eigenvalue weighted by Crippen LogP contribution is -2.37. The topological polar surface area (TPSA) is 112 Å². The Morgan fingerprint density at radius 2 is 2.11 bits per heavy atom. The van der Waals surface area contributed by atoms with Gasteiger partial charge < -0.3 is 20.5 Å². The molecule has 0 aliphatic carbocycles. The van der Waals surface area contributed by atoms with Crippen molar-refractivity contribution in [2.45, 2.75) is 44.6 Å². The van der Waals surface area contributed by atoms with Crippen LogP contribution in [0.4, 0.5) is 16.0 Å². The van der Waals surface area contributed by atoms with Crippen LogP contribution < -0.4 is 15.4 Å². The molecule has 1 unspecified atom stereocenters. The zero-order valence-corrected chi connectivity index (χ0v) is 21.5. The fourth-order valence-electron chi connectivity index (χ4n) is 4.44. The molecule has 1 aliphatic rings. The van der Waals surface area contributed by atoms with Crippen molar-refractivity contribution in [1.82, 2.24) is 19.9 Å². The van der Waals surface area contributed by atoms with Gasteiger partial charge in [0.2, 0.25) is 0 Å². The lowest BCUT2D eigenvalue weighted by Gasteiger charge is -2.24. The number of anilines is 2. The summed E-state index contributed by atoms with van der Waals surface area (Å²) in [5.41, 5.74) is 2.36. The Hall–Kier alpha value is -3.79. The van der Waals surface area contributed by atoms with Gasteiger partial charge in [-0.15, -0.1) is 0 Å². The van der Waals surface area contributed by atoms with Crippen molar-refractivity contribution >= 4 is 17.6 Å². The second-order valence-electron chi connectivity index (χ2n) is 9.37. The molecule has 3 aromatic heterocycles. The van der Waals surface area contributed by atoms with Crippen molar-refractivity contribution in [2.24, 2.45) is 0 Å². The quantitative estimate of drug-likeness (QED) is 0.255. The molecule has 0 saturated carbocycles. The molecule has 3 aromatic rings. The molecule has 0 aromatic carbocycles. The van der Waals surface area contributed by atoms with E-state index in [4.69, 9.17) is 9.72 Å². The van der Waals surface area contributed by atoms with Gasteiger partial charge in [-0.3, -0.25) is 9.88 Å². The Bertz CT molecular complexity index is 1170. The first kappa shape index (κ1) is 27.3. The van der Waals surface area contributed by atoms with E-state index in [1.807, 2.05) is 6.07 Å². The minimum Gasteiger partial charge on any atom is -0.491 e. The summed E-state index contributed by atoms with van der Waals surface area (Å²) in [4.78, 5) is 26.8. The summed E-state index contributed by atoms with van der Waals surface area (Å²) in [7, 11) is 0. The molecular formula is C28H35FN6O3. The molecule has 4 rings (SSSR count). The summed E-state index contributed by atoms with van der Waals surface area (Å²) in [6.45, 7) is 3.23. The number of ether oxygens (including phenoxy) is 1. The number of hydrogen-bond donors (Lipinski definition) is 3. The van der Waals surface area contributed by atoms with Crippen molar-refractivity contribution in [3.63, 3.8) is 0 Å². The largest absolute Gasteiger partial charge is 0.491 e. The number of halogens is 1. The first-order chi connectivity index (χ1) is 18.6. The van der Waals surface area contributed by atoms with E-state index in [-0.39, 0.29) is 0 Å². The van der Waals surface area contributed by atoms with Gasteiger partial charge >= 0.3 is 5.97 Å². The standard InChI is InChI=1S/C28H35FN6O3/c29-22-18-24(20-30-19-22)38-17-16-35(15-11-25(28(36)37)34-26-8-1-3-12-31-26)14-4-2-7-23-10-9-21-6-5-13-32-27(21)33-23/h1,3,8-10,12,18-20,25H,2,4-7,11,13-17H2,(H,31,34)(H,32,33)(H,36,37). The van der Waals surface area contributed by atoms with Crippen molar-refractivity contribution in [3.05, 3.63) is 72.1 Å². The van der Waals surface area contributed by atoms with Crippen molar-refractivity contribution in [3.8, 4) is 5.75 Å². The van der Waals surface area contributed by atoms with Crippen LogP contribution in [0.25, 0.3) is 0 Å². The van der Waals surface area contributed by atoms with Gasteiger partial charge in [-0.1, -0.05) is 12.1 Å². The summed E-state index contributed by atoms with van der Waals surface area (Å²) < 4.78 is 19.1. The van der Waals surface area contributed by atoms with E-state index in [1.165, 1.54) is 17.8 Å². The number of aliphatic carboxylic acids is 1. The summed E-state index contributed by atoms with van der Waals surface area (Å²) in [5, 5.41) is 16.1. The number of carboxylic acids is 1. The minimum absolute atomic E-state index is 0.342. The Morgan fingerprint density at radius 3 is 2.92 bits per heavy atom. The van der Waals surface area contributed by atoms with Gasteiger partial charge in [-0.25, -0.2) is 19.2 Å². The number of nitrogens with one attached hydrogen (secondary N) is 2. The monoisotopic (exact) mass is 522 g/mol. The number of nitrogens with zero attached hydrogens (tertiary/aromatic N) is 4. The van der Waals surface area contributed by atoms with E-state index in [2.05, 4.69) is 37.6 Å². The zero-order chi connectivity index (χ0) is 26.6.